The van der Waals surface area contributed by atoms with E-state index in [4.69, 9.17) is 4.74 Å². The smallest absolute Gasteiger partial charge is 0.123 e. The van der Waals surface area contributed by atoms with Crippen molar-refractivity contribution >= 4 is 0 Å². The quantitative estimate of drug-likeness (QED) is 0.616. The molecular formula is C10H11NO. The summed E-state index contributed by atoms with van der Waals surface area (Å²) in [6, 6.07) is 8.36. The molecule has 2 aliphatic heterocycles. The van der Waals surface area contributed by atoms with Crippen LogP contribution in [0.25, 0.3) is 0 Å². The zero-order valence-electron chi connectivity index (χ0n) is 6.79. The van der Waals surface area contributed by atoms with Crippen molar-refractivity contribution in [3.63, 3.8) is 0 Å². The van der Waals surface area contributed by atoms with Gasteiger partial charge in [-0.05, 0) is 6.07 Å². The molecule has 0 spiro atoms. The highest BCUT2D eigenvalue weighted by molar-refractivity contribution is 5.42. The van der Waals surface area contributed by atoms with Crippen molar-refractivity contribution in [2.45, 2.75) is 12.0 Å². The molecular weight excluding hydrogens is 150 g/mol. The lowest BCUT2D eigenvalue weighted by Crippen LogP contribution is -2.18. The Bertz CT molecular complexity index is 310. The summed E-state index contributed by atoms with van der Waals surface area (Å²) in [7, 11) is 0. The first kappa shape index (κ1) is 6.49. The van der Waals surface area contributed by atoms with E-state index in [1.165, 1.54) is 5.56 Å². The molecule has 1 N–H and O–H groups in total. The number of rotatable bonds is 0. The van der Waals surface area contributed by atoms with Crippen molar-refractivity contribution in [3.8, 4) is 5.75 Å². The molecule has 2 heterocycles. The molecule has 12 heavy (non-hydrogen) atoms. The van der Waals surface area contributed by atoms with Gasteiger partial charge in [0.2, 0.25) is 0 Å². The van der Waals surface area contributed by atoms with Crippen molar-refractivity contribution in [2.75, 3.05) is 13.1 Å². The van der Waals surface area contributed by atoms with E-state index >= 15 is 0 Å². The van der Waals surface area contributed by atoms with E-state index in [-0.39, 0.29) is 0 Å². The predicted molar refractivity (Wildman–Crippen MR) is 46.5 cm³/mol. The molecule has 1 saturated heterocycles. The Morgan fingerprint density at radius 1 is 1.25 bits per heavy atom. The van der Waals surface area contributed by atoms with Gasteiger partial charge in [0.25, 0.3) is 0 Å². The topological polar surface area (TPSA) is 21.3 Å². The first-order valence-electron chi connectivity index (χ1n) is 4.41. The fourth-order valence-electron chi connectivity index (χ4n) is 2.15. The minimum absolute atomic E-state index is 0.391. The predicted octanol–water partition coefficient (Wildman–Crippen LogP) is 1.13. The number of nitrogens with one attached hydrogen (secondary N) is 1. The monoisotopic (exact) mass is 161 g/mol. The van der Waals surface area contributed by atoms with Gasteiger partial charge < -0.3 is 10.1 Å². The van der Waals surface area contributed by atoms with Crippen molar-refractivity contribution < 1.29 is 4.74 Å². The van der Waals surface area contributed by atoms with Crippen LogP contribution in [0.1, 0.15) is 11.5 Å². The second-order valence-corrected chi connectivity index (χ2v) is 3.46. The SMILES string of the molecule is c1ccc2c(c1)OC1CNCC21. The maximum absolute atomic E-state index is 5.77. The van der Waals surface area contributed by atoms with E-state index in [0.717, 1.165) is 18.8 Å². The van der Waals surface area contributed by atoms with E-state index in [2.05, 4.69) is 23.5 Å². The molecule has 1 aromatic carbocycles. The molecule has 3 rings (SSSR count). The van der Waals surface area contributed by atoms with E-state index in [1.807, 2.05) is 6.07 Å². The van der Waals surface area contributed by atoms with Gasteiger partial charge in [0, 0.05) is 24.6 Å². The van der Waals surface area contributed by atoms with Crippen LogP contribution in [-0.4, -0.2) is 19.2 Å². The van der Waals surface area contributed by atoms with Crippen molar-refractivity contribution in [1.29, 1.82) is 0 Å². The van der Waals surface area contributed by atoms with Gasteiger partial charge in [0.05, 0.1) is 0 Å². The third-order valence-electron chi connectivity index (χ3n) is 2.76. The zero-order valence-corrected chi connectivity index (χ0v) is 6.79. The van der Waals surface area contributed by atoms with Gasteiger partial charge in [-0.1, -0.05) is 18.2 Å². The normalized spacial score (nSPS) is 31.0. The first-order chi connectivity index (χ1) is 5.95. The largest absolute Gasteiger partial charge is 0.488 e. The van der Waals surface area contributed by atoms with Crippen molar-refractivity contribution in [1.82, 2.24) is 5.32 Å². The Morgan fingerprint density at radius 2 is 2.17 bits per heavy atom. The van der Waals surface area contributed by atoms with E-state index < -0.39 is 0 Å². The average Bonchev–Trinajstić information content (AvgIpc) is 2.62. The number of hydrogen-bond donors (Lipinski definition) is 1. The lowest BCUT2D eigenvalue weighted by atomic mass is 9.99. The second-order valence-electron chi connectivity index (χ2n) is 3.46. The molecule has 2 unspecified atom stereocenters. The minimum atomic E-state index is 0.391. The third-order valence-corrected chi connectivity index (χ3v) is 2.76. The summed E-state index contributed by atoms with van der Waals surface area (Å²) in [6.07, 6.45) is 0.391. The lowest BCUT2D eigenvalue weighted by molar-refractivity contribution is 0.239. The molecule has 2 atom stereocenters. The average molecular weight is 161 g/mol. The van der Waals surface area contributed by atoms with E-state index in [9.17, 15) is 0 Å². The van der Waals surface area contributed by atoms with Crippen molar-refractivity contribution in [2.24, 2.45) is 0 Å². The summed E-state index contributed by atoms with van der Waals surface area (Å²) >= 11 is 0. The highest BCUT2D eigenvalue weighted by atomic mass is 16.5. The van der Waals surface area contributed by atoms with Gasteiger partial charge >= 0.3 is 0 Å². The van der Waals surface area contributed by atoms with Gasteiger partial charge in [0.15, 0.2) is 0 Å². The van der Waals surface area contributed by atoms with Crippen LogP contribution in [-0.2, 0) is 0 Å². The Balaban J connectivity index is 2.09. The molecule has 0 amide bonds. The maximum Gasteiger partial charge on any atom is 0.123 e. The molecule has 0 saturated carbocycles. The first-order valence-corrected chi connectivity index (χ1v) is 4.41. The second kappa shape index (κ2) is 2.23. The Morgan fingerprint density at radius 3 is 3.17 bits per heavy atom. The molecule has 0 aliphatic carbocycles. The van der Waals surface area contributed by atoms with Gasteiger partial charge in [0.1, 0.15) is 11.9 Å². The Labute approximate surface area is 71.5 Å². The van der Waals surface area contributed by atoms with Crippen LogP contribution >= 0.6 is 0 Å². The van der Waals surface area contributed by atoms with Crippen LogP contribution in [0.2, 0.25) is 0 Å². The van der Waals surface area contributed by atoms with Crippen LogP contribution in [0.4, 0.5) is 0 Å². The van der Waals surface area contributed by atoms with Gasteiger partial charge in [-0.15, -0.1) is 0 Å². The zero-order chi connectivity index (χ0) is 7.97. The van der Waals surface area contributed by atoms with Gasteiger partial charge in [-0.3, -0.25) is 0 Å². The molecule has 2 aliphatic rings. The fourth-order valence-corrected chi connectivity index (χ4v) is 2.15. The summed E-state index contributed by atoms with van der Waals surface area (Å²) in [5.41, 5.74) is 1.38. The van der Waals surface area contributed by atoms with Crippen LogP contribution in [0.15, 0.2) is 24.3 Å². The Kier molecular flexibility index (Phi) is 1.21. The fraction of sp³-hybridized carbons (Fsp3) is 0.400. The van der Waals surface area contributed by atoms with Gasteiger partial charge in [-0.25, -0.2) is 0 Å². The van der Waals surface area contributed by atoms with Crippen LogP contribution < -0.4 is 10.1 Å². The highest BCUT2D eigenvalue weighted by Crippen LogP contribution is 2.39. The van der Waals surface area contributed by atoms with Crippen LogP contribution in [0, 0.1) is 0 Å². The molecule has 62 valence electrons. The standard InChI is InChI=1S/C10H11NO/c1-2-4-9-7(3-1)8-5-11-6-10(8)12-9/h1-4,8,10-11H,5-6H2. The summed E-state index contributed by atoms with van der Waals surface area (Å²) in [5.74, 6) is 1.69. The van der Waals surface area contributed by atoms with Crippen LogP contribution in [0.3, 0.4) is 0 Å². The summed E-state index contributed by atoms with van der Waals surface area (Å²) in [6.45, 7) is 2.07. The molecule has 0 bridgehead atoms. The van der Waals surface area contributed by atoms with Gasteiger partial charge in [-0.2, -0.15) is 0 Å². The van der Waals surface area contributed by atoms with Crippen molar-refractivity contribution in [3.05, 3.63) is 29.8 Å². The maximum atomic E-state index is 5.77. The Hall–Kier alpha value is -1.02. The van der Waals surface area contributed by atoms with E-state index in [1.54, 1.807) is 0 Å². The number of fused-ring (bicyclic) bond motifs is 3. The van der Waals surface area contributed by atoms with E-state index in [0.29, 0.717) is 12.0 Å². The summed E-state index contributed by atoms with van der Waals surface area (Å²) in [4.78, 5) is 0. The number of hydrogen-bond acceptors (Lipinski definition) is 2. The molecule has 1 fully saturated rings. The molecule has 1 aromatic rings. The minimum Gasteiger partial charge on any atom is -0.488 e. The summed E-state index contributed by atoms with van der Waals surface area (Å²) in [5, 5.41) is 3.34. The molecule has 2 heteroatoms. The lowest BCUT2D eigenvalue weighted by Gasteiger charge is -2.05. The number of ether oxygens (including phenoxy) is 1. The molecule has 2 nitrogen and oxygen atoms in total. The number of benzene rings is 1. The molecule has 0 aromatic heterocycles. The van der Waals surface area contributed by atoms with Crippen LogP contribution in [0.5, 0.6) is 5.75 Å². The summed E-state index contributed by atoms with van der Waals surface area (Å²) < 4.78 is 5.77. The third kappa shape index (κ3) is 0.730. The number of para-hydroxylation sites is 1. The highest BCUT2D eigenvalue weighted by Gasteiger charge is 2.37. The molecule has 0 radical (unpaired) electrons.